The van der Waals surface area contributed by atoms with E-state index in [2.05, 4.69) is 25.1 Å². The number of hydrogen-bond acceptors (Lipinski definition) is 9. The van der Waals surface area contributed by atoms with E-state index >= 15 is 4.39 Å². The van der Waals surface area contributed by atoms with E-state index in [9.17, 15) is 22.0 Å². The number of hydrogen-bond donors (Lipinski definition) is 2. The molecule has 0 radical (unpaired) electrons. The zero-order valence-corrected chi connectivity index (χ0v) is 27.1. The standard InChI is InChI=1S/C34H37F6N7O2/c1-16-24(34(38,39)40)20(11-21(41)25(16)36)27-26(37)28-23-30(47-13-19-3-4-22(42-19)29(47)17(2)49-31(23)43-27)45-32(44-28)48-15-33(7-8-33)14-46-9-5-18(12-35)6-10-46/h11-12,17,19,22,29,42H,3-10,13-15,41H2,1-2H3. The van der Waals surface area contributed by atoms with Crippen LogP contribution in [-0.4, -0.2) is 76.9 Å². The minimum absolute atomic E-state index is 0.0326. The Bertz CT molecular complexity index is 1860. The van der Waals surface area contributed by atoms with Crippen LogP contribution in [0.3, 0.4) is 0 Å². The predicted molar refractivity (Wildman–Crippen MR) is 170 cm³/mol. The van der Waals surface area contributed by atoms with E-state index in [-0.39, 0.29) is 52.9 Å². The van der Waals surface area contributed by atoms with Crippen molar-refractivity contribution in [2.75, 3.05) is 43.4 Å². The molecule has 3 aromatic rings. The van der Waals surface area contributed by atoms with Crippen LogP contribution in [0.25, 0.3) is 22.2 Å². The summed E-state index contributed by atoms with van der Waals surface area (Å²) in [6.07, 6.45) is 0.105. The number of pyridine rings is 1. The van der Waals surface area contributed by atoms with Crippen molar-refractivity contribution in [1.82, 2.24) is 25.2 Å². The monoisotopic (exact) mass is 689 g/mol. The van der Waals surface area contributed by atoms with Gasteiger partial charge < -0.3 is 30.3 Å². The summed E-state index contributed by atoms with van der Waals surface area (Å²) in [5.41, 5.74) is 1.96. The average molecular weight is 690 g/mol. The lowest BCUT2D eigenvalue weighted by Gasteiger charge is -2.42. The van der Waals surface area contributed by atoms with Crippen LogP contribution in [0.2, 0.25) is 0 Å². The molecule has 3 N–H and O–H groups in total. The van der Waals surface area contributed by atoms with Gasteiger partial charge in [-0.05, 0) is 69.6 Å². The zero-order valence-electron chi connectivity index (χ0n) is 27.1. The van der Waals surface area contributed by atoms with Crippen molar-refractivity contribution in [2.45, 2.75) is 82.8 Å². The van der Waals surface area contributed by atoms with Gasteiger partial charge in [0.15, 0.2) is 5.82 Å². The maximum Gasteiger partial charge on any atom is 0.417 e. The topological polar surface area (TPSA) is 102 Å². The number of nitrogens with one attached hydrogen (secondary N) is 1. The molecule has 1 aliphatic carbocycles. The fraction of sp³-hybridized carbons (Fsp3) is 0.559. The highest BCUT2D eigenvalue weighted by molar-refractivity contribution is 5.97. The van der Waals surface area contributed by atoms with Crippen LogP contribution in [0.5, 0.6) is 11.9 Å². The SMILES string of the molecule is Cc1c(F)c(N)cc(-c2nc3c4c(nc(OCC5(CN6CCC(=CF)CC6)CC5)nc4c2F)N2CC4CCC(N4)C2C(C)O3)c1C(F)(F)F. The van der Waals surface area contributed by atoms with Crippen molar-refractivity contribution in [3.63, 3.8) is 0 Å². The molecule has 49 heavy (non-hydrogen) atoms. The van der Waals surface area contributed by atoms with Gasteiger partial charge in [-0.25, -0.2) is 18.2 Å². The van der Waals surface area contributed by atoms with Gasteiger partial charge in [0.05, 0.1) is 30.2 Å². The highest BCUT2D eigenvalue weighted by atomic mass is 19.4. The van der Waals surface area contributed by atoms with Crippen molar-refractivity contribution in [1.29, 1.82) is 0 Å². The maximum absolute atomic E-state index is 16.8. The Labute approximate surface area is 278 Å². The van der Waals surface area contributed by atoms with Crippen LogP contribution in [0.4, 0.5) is 37.8 Å². The highest BCUT2D eigenvalue weighted by Gasteiger charge is 2.48. The fourth-order valence-electron chi connectivity index (χ4n) is 8.23. The molecule has 6 heterocycles. The van der Waals surface area contributed by atoms with Crippen LogP contribution in [0.15, 0.2) is 18.0 Å². The van der Waals surface area contributed by atoms with Crippen molar-refractivity contribution in [3.8, 4) is 23.1 Å². The van der Waals surface area contributed by atoms with Crippen LogP contribution in [-0.2, 0) is 6.18 Å². The van der Waals surface area contributed by atoms with E-state index in [1.807, 2.05) is 6.92 Å². The number of anilines is 2. The van der Waals surface area contributed by atoms with Gasteiger partial charge in [-0.15, -0.1) is 0 Å². The summed E-state index contributed by atoms with van der Waals surface area (Å²) >= 11 is 0. The Hall–Kier alpha value is -3.85. The first kappa shape index (κ1) is 32.4. The van der Waals surface area contributed by atoms with E-state index in [1.165, 1.54) is 0 Å². The van der Waals surface area contributed by atoms with Gasteiger partial charge in [-0.2, -0.15) is 23.1 Å². The van der Waals surface area contributed by atoms with E-state index in [4.69, 9.17) is 20.2 Å². The number of alkyl halides is 3. The number of rotatable bonds is 6. The van der Waals surface area contributed by atoms with Crippen LogP contribution in [0.1, 0.15) is 56.6 Å². The van der Waals surface area contributed by atoms with E-state index in [1.54, 1.807) is 0 Å². The normalized spacial score (nSPS) is 26.0. The lowest BCUT2D eigenvalue weighted by atomic mass is 9.96. The molecule has 4 aliphatic heterocycles. The minimum atomic E-state index is -5.05. The molecule has 0 spiro atoms. The first-order valence-electron chi connectivity index (χ1n) is 16.8. The minimum Gasteiger partial charge on any atom is -0.472 e. The number of nitrogens with two attached hydrogens (primary N) is 1. The van der Waals surface area contributed by atoms with Gasteiger partial charge in [-0.3, -0.25) is 0 Å². The van der Waals surface area contributed by atoms with Gasteiger partial charge in [0.2, 0.25) is 5.88 Å². The van der Waals surface area contributed by atoms with Crippen LogP contribution < -0.4 is 25.4 Å². The Morgan fingerprint density at radius 1 is 1.12 bits per heavy atom. The second-order valence-electron chi connectivity index (χ2n) is 14.3. The molecule has 262 valence electrons. The number of halogens is 6. The third-order valence-corrected chi connectivity index (χ3v) is 11.0. The van der Waals surface area contributed by atoms with Gasteiger partial charge in [0, 0.05) is 49.2 Å². The first-order valence-corrected chi connectivity index (χ1v) is 16.8. The summed E-state index contributed by atoms with van der Waals surface area (Å²) in [6.45, 7) is 5.83. The largest absolute Gasteiger partial charge is 0.472 e. The molecule has 2 bridgehead atoms. The van der Waals surface area contributed by atoms with E-state index in [0.29, 0.717) is 31.5 Å². The molecule has 5 aliphatic rings. The number of piperazine rings is 1. The second kappa shape index (κ2) is 11.6. The summed E-state index contributed by atoms with van der Waals surface area (Å²) < 4.78 is 100. The van der Waals surface area contributed by atoms with Gasteiger partial charge in [0.1, 0.15) is 34.3 Å². The summed E-state index contributed by atoms with van der Waals surface area (Å²) in [7, 11) is 0. The number of aromatic nitrogens is 3. The molecule has 1 saturated carbocycles. The molecular formula is C34H37F6N7O2. The molecule has 4 unspecified atom stereocenters. The Morgan fingerprint density at radius 2 is 1.88 bits per heavy atom. The van der Waals surface area contributed by atoms with Crippen LogP contribution in [0, 0.1) is 24.0 Å². The highest BCUT2D eigenvalue weighted by Crippen LogP contribution is 2.49. The fourth-order valence-corrected chi connectivity index (χ4v) is 8.23. The molecule has 2 aromatic heterocycles. The second-order valence-corrected chi connectivity index (χ2v) is 14.3. The van der Waals surface area contributed by atoms with Gasteiger partial charge in [-0.1, -0.05) is 0 Å². The van der Waals surface area contributed by atoms with E-state index in [0.717, 1.165) is 63.9 Å². The number of benzene rings is 1. The number of fused-ring (bicyclic) bond motifs is 5. The third kappa shape index (κ3) is 5.53. The summed E-state index contributed by atoms with van der Waals surface area (Å²) in [6, 6.07) is 0.599. The summed E-state index contributed by atoms with van der Waals surface area (Å²) in [5, 5.41) is 3.75. The molecule has 4 atom stereocenters. The molecular weight excluding hydrogens is 652 g/mol. The number of likely N-dealkylation sites (tertiary alicyclic amines) is 1. The van der Waals surface area contributed by atoms with Gasteiger partial charge >= 0.3 is 12.2 Å². The molecule has 4 fully saturated rings. The number of nitrogens with zero attached hydrogens (tertiary/aromatic N) is 5. The number of ether oxygens (including phenoxy) is 2. The predicted octanol–water partition coefficient (Wildman–Crippen LogP) is 6.08. The third-order valence-electron chi connectivity index (χ3n) is 11.0. The van der Waals surface area contributed by atoms with E-state index < -0.39 is 52.0 Å². The Kier molecular flexibility index (Phi) is 7.67. The maximum atomic E-state index is 16.8. The van der Waals surface area contributed by atoms with Crippen molar-refractivity contribution in [3.05, 3.63) is 40.7 Å². The molecule has 15 heteroatoms. The first-order chi connectivity index (χ1) is 23.4. The van der Waals surface area contributed by atoms with Crippen molar-refractivity contribution < 1.29 is 35.8 Å². The zero-order chi connectivity index (χ0) is 34.4. The Morgan fingerprint density at radius 3 is 2.57 bits per heavy atom. The van der Waals surface area contributed by atoms with Gasteiger partial charge in [0.25, 0.3) is 0 Å². The summed E-state index contributed by atoms with van der Waals surface area (Å²) in [4.78, 5) is 18.0. The lowest BCUT2D eigenvalue weighted by molar-refractivity contribution is -0.137. The average Bonchev–Trinajstić information content (AvgIpc) is 3.76. The van der Waals surface area contributed by atoms with Crippen LogP contribution >= 0.6 is 0 Å². The lowest BCUT2D eigenvalue weighted by Crippen LogP contribution is -2.62. The number of piperidine rings is 1. The molecule has 3 saturated heterocycles. The molecule has 8 rings (SSSR count). The molecule has 9 nitrogen and oxygen atoms in total. The van der Waals surface area contributed by atoms with Crippen molar-refractivity contribution in [2.24, 2.45) is 5.41 Å². The number of nitrogen functional groups attached to an aromatic ring is 1. The summed E-state index contributed by atoms with van der Waals surface area (Å²) in [5.74, 6) is -2.16. The molecule has 1 aromatic carbocycles. The molecule has 0 amide bonds. The van der Waals surface area contributed by atoms with Crippen molar-refractivity contribution >= 4 is 22.4 Å². The smallest absolute Gasteiger partial charge is 0.417 e. The quantitative estimate of drug-likeness (QED) is 0.236. The Balaban J connectivity index is 1.24.